The van der Waals surface area contributed by atoms with E-state index in [1.54, 1.807) is 7.11 Å². The van der Waals surface area contributed by atoms with Crippen LogP contribution in [0, 0.1) is 6.92 Å². The molecule has 1 heterocycles. The van der Waals surface area contributed by atoms with Crippen LogP contribution < -0.4 is 10.1 Å². The second kappa shape index (κ2) is 4.74. The average molecular weight is 220 g/mol. The van der Waals surface area contributed by atoms with E-state index in [0.29, 0.717) is 6.04 Å². The van der Waals surface area contributed by atoms with Gasteiger partial charge in [-0.3, -0.25) is 0 Å². The predicted octanol–water partition coefficient (Wildman–Crippen LogP) is 2.12. The molecule has 0 bridgehead atoms. The van der Waals surface area contributed by atoms with Gasteiger partial charge in [0.25, 0.3) is 0 Å². The fourth-order valence-corrected chi connectivity index (χ4v) is 2.19. The topological polar surface area (TPSA) is 24.5 Å². The van der Waals surface area contributed by atoms with Crippen LogP contribution in [0.2, 0.25) is 0 Å². The molecule has 3 heteroatoms. The summed E-state index contributed by atoms with van der Waals surface area (Å²) in [5.74, 6) is 0.939. The minimum atomic E-state index is 0.543. The summed E-state index contributed by atoms with van der Waals surface area (Å²) in [5, 5.41) is 3.55. The zero-order valence-electron chi connectivity index (χ0n) is 10.3. The number of ether oxygens (including phenoxy) is 1. The first-order valence-electron chi connectivity index (χ1n) is 5.79. The Balaban J connectivity index is 2.08. The van der Waals surface area contributed by atoms with Crippen molar-refractivity contribution >= 4 is 5.69 Å². The summed E-state index contributed by atoms with van der Waals surface area (Å²) >= 11 is 0. The minimum Gasteiger partial charge on any atom is -0.495 e. The normalized spacial score (nSPS) is 21.1. The van der Waals surface area contributed by atoms with E-state index in [9.17, 15) is 0 Å². The van der Waals surface area contributed by atoms with Gasteiger partial charge in [-0.1, -0.05) is 6.07 Å². The quantitative estimate of drug-likeness (QED) is 0.844. The van der Waals surface area contributed by atoms with Gasteiger partial charge in [0.1, 0.15) is 5.75 Å². The maximum absolute atomic E-state index is 5.39. The van der Waals surface area contributed by atoms with E-state index in [1.165, 1.54) is 18.5 Å². The summed E-state index contributed by atoms with van der Waals surface area (Å²) in [5.41, 5.74) is 2.33. The fourth-order valence-electron chi connectivity index (χ4n) is 2.19. The Morgan fingerprint density at radius 3 is 2.88 bits per heavy atom. The molecule has 16 heavy (non-hydrogen) atoms. The Morgan fingerprint density at radius 2 is 2.25 bits per heavy atom. The number of aryl methyl sites for hydroxylation is 1. The molecule has 0 aliphatic carbocycles. The largest absolute Gasteiger partial charge is 0.495 e. The van der Waals surface area contributed by atoms with Gasteiger partial charge in [0.05, 0.1) is 12.8 Å². The Morgan fingerprint density at radius 1 is 1.44 bits per heavy atom. The monoisotopic (exact) mass is 220 g/mol. The van der Waals surface area contributed by atoms with Gasteiger partial charge >= 0.3 is 0 Å². The molecule has 1 aromatic rings. The van der Waals surface area contributed by atoms with Gasteiger partial charge in [0.2, 0.25) is 0 Å². The van der Waals surface area contributed by atoms with Crippen LogP contribution in [-0.4, -0.2) is 38.2 Å². The number of likely N-dealkylation sites (N-methyl/N-ethyl adjacent to an activating group) is 1. The summed E-state index contributed by atoms with van der Waals surface area (Å²) in [6, 6.07) is 6.83. The van der Waals surface area contributed by atoms with Gasteiger partial charge in [-0.2, -0.15) is 0 Å². The minimum absolute atomic E-state index is 0.543. The second-order valence-electron chi connectivity index (χ2n) is 4.60. The lowest BCUT2D eigenvalue weighted by molar-refractivity contribution is 0.410. The smallest absolute Gasteiger partial charge is 0.142 e. The molecule has 2 rings (SSSR count). The summed E-state index contributed by atoms with van der Waals surface area (Å²) in [7, 11) is 3.88. The molecule has 88 valence electrons. The summed E-state index contributed by atoms with van der Waals surface area (Å²) in [6.07, 6.45) is 1.20. The lowest BCUT2D eigenvalue weighted by Crippen LogP contribution is -2.23. The van der Waals surface area contributed by atoms with Gasteiger partial charge in [-0.15, -0.1) is 0 Å². The SMILES string of the molecule is COc1cc(C)ccc1NC1CCN(C)C1. The van der Waals surface area contributed by atoms with Crippen LogP contribution in [0.25, 0.3) is 0 Å². The second-order valence-corrected chi connectivity index (χ2v) is 4.60. The van der Waals surface area contributed by atoms with Gasteiger partial charge < -0.3 is 15.0 Å². The van der Waals surface area contributed by atoms with E-state index in [4.69, 9.17) is 4.74 Å². The molecular formula is C13H20N2O. The van der Waals surface area contributed by atoms with E-state index in [-0.39, 0.29) is 0 Å². The number of hydrogen-bond donors (Lipinski definition) is 1. The number of hydrogen-bond acceptors (Lipinski definition) is 3. The molecule has 1 aromatic carbocycles. The number of rotatable bonds is 3. The highest BCUT2D eigenvalue weighted by molar-refractivity contribution is 5.58. The summed E-state index contributed by atoms with van der Waals surface area (Å²) < 4.78 is 5.39. The van der Waals surface area contributed by atoms with E-state index >= 15 is 0 Å². The third-order valence-corrected chi connectivity index (χ3v) is 3.11. The van der Waals surface area contributed by atoms with Crippen molar-refractivity contribution in [1.82, 2.24) is 4.90 Å². The summed E-state index contributed by atoms with van der Waals surface area (Å²) in [4.78, 5) is 2.35. The molecule has 1 N–H and O–H groups in total. The van der Waals surface area contributed by atoms with Gasteiger partial charge in [-0.25, -0.2) is 0 Å². The van der Waals surface area contributed by atoms with E-state index in [2.05, 4.69) is 42.4 Å². The molecule has 1 unspecified atom stereocenters. The molecule has 1 aliphatic heterocycles. The van der Waals surface area contributed by atoms with Crippen LogP contribution in [0.4, 0.5) is 5.69 Å². The number of nitrogens with zero attached hydrogens (tertiary/aromatic N) is 1. The van der Waals surface area contributed by atoms with Gasteiger partial charge in [0, 0.05) is 12.6 Å². The lowest BCUT2D eigenvalue weighted by Gasteiger charge is -2.17. The van der Waals surface area contributed by atoms with Crippen LogP contribution >= 0.6 is 0 Å². The van der Waals surface area contributed by atoms with Crippen molar-refractivity contribution in [2.24, 2.45) is 0 Å². The Kier molecular flexibility index (Phi) is 3.34. The van der Waals surface area contributed by atoms with Crippen molar-refractivity contribution in [2.75, 3.05) is 32.6 Å². The Labute approximate surface area is 97.4 Å². The van der Waals surface area contributed by atoms with Crippen LogP contribution in [0.1, 0.15) is 12.0 Å². The Bertz CT molecular complexity index is 365. The molecular weight excluding hydrogens is 200 g/mol. The van der Waals surface area contributed by atoms with Crippen molar-refractivity contribution in [3.8, 4) is 5.75 Å². The molecule has 3 nitrogen and oxygen atoms in total. The van der Waals surface area contributed by atoms with Crippen LogP contribution in [0.15, 0.2) is 18.2 Å². The molecule has 0 radical (unpaired) electrons. The average Bonchev–Trinajstić information content (AvgIpc) is 2.67. The number of nitrogens with one attached hydrogen (secondary N) is 1. The number of anilines is 1. The van der Waals surface area contributed by atoms with Crippen LogP contribution in [-0.2, 0) is 0 Å². The van der Waals surface area contributed by atoms with Gasteiger partial charge in [-0.05, 0) is 44.6 Å². The molecule has 0 spiro atoms. The standard InChI is InChI=1S/C13H20N2O/c1-10-4-5-12(13(8-10)16-3)14-11-6-7-15(2)9-11/h4-5,8,11,14H,6-7,9H2,1-3H3. The first kappa shape index (κ1) is 11.3. The predicted molar refractivity (Wildman–Crippen MR) is 67.3 cm³/mol. The van der Waals surface area contributed by atoms with E-state index in [0.717, 1.165) is 18.0 Å². The third-order valence-electron chi connectivity index (χ3n) is 3.11. The third kappa shape index (κ3) is 2.47. The van der Waals surface area contributed by atoms with Gasteiger partial charge in [0.15, 0.2) is 0 Å². The molecule has 0 amide bonds. The molecule has 1 atom stereocenters. The molecule has 1 aliphatic rings. The maximum atomic E-state index is 5.39. The number of likely N-dealkylation sites (tertiary alicyclic amines) is 1. The highest BCUT2D eigenvalue weighted by Crippen LogP contribution is 2.27. The zero-order valence-corrected chi connectivity index (χ0v) is 10.3. The van der Waals surface area contributed by atoms with Crippen molar-refractivity contribution in [3.05, 3.63) is 23.8 Å². The van der Waals surface area contributed by atoms with Crippen molar-refractivity contribution in [1.29, 1.82) is 0 Å². The highest BCUT2D eigenvalue weighted by atomic mass is 16.5. The van der Waals surface area contributed by atoms with Crippen molar-refractivity contribution in [3.63, 3.8) is 0 Å². The van der Waals surface area contributed by atoms with E-state index in [1.807, 2.05) is 0 Å². The molecule has 0 saturated carbocycles. The van der Waals surface area contributed by atoms with Crippen molar-refractivity contribution in [2.45, 2.75) is 19.4 Å². The first-order valence-corrected chi connectivity index (χ1v) is 5.79. The maximum Gasteiger partial charge on any atom is 0.142 e. The molecule has 0 aromatic heterocycles. The summed E-state index contributed by atoms with van der Waals surface area (Å²) in [6.45, 7) is 4.36. The highest BCUT2D eigenvalue weighted by Gasteiger charge is 2.19. The first-order chi connectivity index (χ1) is 7.69. The number of methoxy groups -OCH3 is 1. The molecule has 1 saturated heterocycles. The fraction of sp³-hybridized carbons (Fsp3) is 0.538. The molecule has 1 fully saturated rings. The lowest BCUT2D eigenvalue weighted by atomic mass is 10.2. The number of benzene rings is 1. The van der Waals surface area contributed by atoms with Crippen molar-refractivity contribution < 1.29 is 4.74 Å². The van der Waals surface area contributed by atoms with Crippen LogP contribution in [0.5, 0.6) is 5.75 Å². The van der Waals surface area contributed by atoms with E-state index < -0.39 is 0 Å². The zero-order chi connectivity index (χ0) is 11.5. The van der Waals surface area contributed by atoms with Crippen LogP contribution in [0.3, 0.4) is 0 Å². The Hall–Kier alpha value is -1.22.